The largest absolute Gasteiger partial charge is 0.349 e. The molecule has 0 unspecified atom stereocenters. The lowest BCUT2D eigenvalue weighted by atomic mass is 9.99. The minimum absolute atomic E-state index is 0.108. The summed E-state index contributed by atoms with van der Waals surface area (Å²) in [5, 5.41) is 7.40. The predicted octanol–water partition coefficient (Wildman–Crippen LogP) is 1.33. The van der Waals surface area contributed by atoms with Crippen molar-refractivity contribution in [1.82, 2.24) is 24.7 Å². The molecule has 0 amide bonds. The van der Waals surface area contributed by atoms with E-state index in [-0.39, 0.29) is 5.54 Å². The normalized spacial score (nSPS) is 11.4. The van der Waals surface area contributed by atoms with Crippen LogP contribution in [0.3, 0.4) is 0 Å². The summed E-state index contributed by atoms with van der Waals surface area (Å²) in [5.41, 5.74) is 2.34. The van der Waals surface area contributed by atoms with Gasteiger partial charge in [-0.1, -0.05) is 13.3 Å². The van der Waals surface area contributed by atoms with Gasteiger partial charge in [-0.3, -0.25) is 5.43 Å². The monoisotopic (exact) mass is 276 g/mol. The maximum absolute atomic E-state index is 5.40. The molecule has 2 aromatic rings. The molecule has 0 aliphatic heterocycles. The number of aromatic nitrogens is 5. The van der Waals surface area contributed by atoms with Crippen LogP contribution in [-0.4, -0.2) is 30.3 Å². The summed E-state index contributed by atoms with van der Waals surface area (Å²) in [7, 11) is 0. The van der Waals surface area contributed by atoms with E-state index in [9.17, 15) is 0 Å². The number of nitrogens with one attached hydrogen (secondary N) is 2. The molecule has 4 N–H and O–H groups in total. The highest BCUT2D eigenvalue weighted by Gasteiger charge is 2.18. The molecule has 8 heteroatoms. The van der Waals surface area contributed by atoms with Gasteiger partial charge in [0.2, 0.25) is 11.9 Å². The van der Waals surface area contributed by atoms with Gasteiger partial charge in [0.15, 0.2) is 0 Å². The van der Waals surface area contributed by atoms with E-state index >= 15 is 0 Å². The SMILES string of the molecule is CCCC(C)(C)Nc1nc(NN)nc(-n2cccn2)n1. The van der Waals surface area contributed by atoms with E-state index in [1.165, 1.54) is 0 Å². The number of hydrazine groups is 1. The summed E-state index contributed by atoms with van der Waals surface area (Å²) in [6.45, 7) is 6.34. The van der Waals surface area contributed by atoms with Crippen molar-refractivity contribution < 1.29 is 0 Å². The highest BCUT2D eigenvalue weighted by molar-refractivity contribution is 5.38. The first kappa shape index (κ1) is 14.2. The molecule has 0 atom stereocenters. The Morgan fingerprint density at radius 2 is 2.00 bits per heavy atom. The topological polar surface area (TPSA) is 107 Å². The van der Waals surface area contributed by atoms with Crippen molar-refractivity contribution in [3.8, 4) is 5.95 Å². The van der Waals surface area contributed by atoms with Gasteiger partial charge in [0.05, 0.1) is 0 Å². The first-order valence-electron chi connectivity index (χ1n) is 6.55. The van der Waals surface area contributed by atoms with Crippen molar-refractivity contribution in [2.24, 2.45) is 5.84 Å². The molecule has 0 saturated carbocycles. The van der Waals surface area contributed by atoms with E-state index in [2.05, 4.69) is 51.6 Å². The summed E-state index contributed by atoms with van der Waals surface area (Å²) in [4.78, 5) is 12.8. The third-order valence-electron chi connectivity index (χ3n) is 2.79. The van der Waals surface area contributed by atoms with Crippen molar-refractivity contribution in [3.05, 3.63) is 18.5 Å². The predicted molar refractivity (Wildman–Crippen MR) is 77.4 cm³/mol. The molecule has 0 bridgehead atoms. The van der Waals surface area contributed by atoms with Gasteiger partial charge in [-0.2, -0.15) is 20.1 Å². The molecule has 0 fully saturated rings. The van der Waals surface area contributed by atoms with E-state index in [1.807, 2.05) is 0 Å². The van der Waals surface area contributed by atoms with Gasteiger partial charge >= 0.3 is 0 Å². The molecule has 0 spiro atoms. The second-order valence-electron chi connectivity index (χ2n) is 5.14. The fraction of sp³-hybridized carbons (Fsp3) is 0.500. The number of nitrogens with zero attached hydrogens (tertiary/aromatic N) is 5. The van der Waals surface area contributed by atoms with Crippen LogP contribution in [0.25, 0.3) is 5.95 Å². The molecule has 0 radical (unpaired) electrons. The average molecular weight is 276 g/mol. The van der Waals surface area contributed by atoms with Crippen LogP contribution in [0.4, 0.5) is 11.9 Å². The standard InChI is InChI=1S/C12H20N8/c1-4-6-12(2,3)18-9-15-10(19-13)17-11(16-9)20-8-5-7-14-20/h5,7-8H,4,6,13H2,1-3H3,(H2,15,16,17,18,19). The van der Waals surface area contributed by atoms with E-state index in [0.717, 1.165) is 12.8 Å². The molecule has 20 heavy (non-hydrogen) atoms. The third-order valence-corrected chi connectivity index (χ3v) is 2.79. The molecule has 0 aromatic carbocycles. The van der Waals surface area contributed by atoms with Gasteiger partial charge in [-0.15, -0.1) is 0 Å². The van der Waals surface area contributed by atoms with Crippen molar-refractivity contribution in [2.75, 3.05) is 10.7 Å². The molecular formula is C12H20N8. The molecule has 2 rings (SSSR count). The summed E-state index contributed by atoms with van der Waals surface area (Å²) in [6.07, 6.45) is 5.49. The van der Waals surface area contributed by atoms with Gasteiger partial charge in [0, 0.05) is 17.9 Å². The zero-order valence-corrected chi connectivity index (χ0v) is 12.0. The zero-order chi connectivity index (χ0) is 14.6. The van der Waals surface area contributed by atoms with E-state index in [1.54, 1.807) is 23.1 Å². The highest BCUT2D eigenvalue weighted by atomic mass is 15.4. The second kappa shape index (κ2) is 5.83. The van der Waals surface area contributed by atoms with Crippen LogP contribution in [-0.2, 0) is 0 Å². The van der Waals surface area contributed by atoms with Crippen LogP contribution < -0.4 is 16.6 Å². The molecule has 0 aliphatic carbocycles. The fourth-order valence-corrected chi connectivity index (χ4v) is 1.96. The number of nitrogens with two attached hydrogens (primary N) is 1. The van der Waals surface area contributed by atoms with Crippen LogP contribution in [0, 0.1) is 0 Å². The summed E-state index contributed by atoms with van der Waals surface area (Å²) >= 11 is 0. The van der Waals surface area contributed by atoms with E-state index < -0.39 is 0 Å². The Kier molecular flexibility index (Phi) is 4.14. The molecule has 0 aliphatic rings. The fourth-order valence-electron chi connectivity index (χ4n) is 1.96. The van der Waals surface area contributed by atoms with Crippen LogP contribution in [0.5, 0.6) is 0 Å². The van der Waals surface area contributed by atoms with Gasteiger partial charge in [0.1, 0.15) is 0 Å². The van der Waals surface area contributed by atoms with Crippen LogP contribution in [0.15, 0.2) is 18.5 Å². The van der Waals surface area contributed by atoms with Gasteiger partial charge in [-0.25, -0.2) is 10.5 Å². The first-order valence-corrected chi connectivity index (χ1v) is 6.55. The Hall–Kier alpha value is -2.22. The van der Waals surface area contributed by atoms with Crippen LogP contribution >= 0.6 is 0 Å². The first-order chi connectivity index (χ1) is 9.54. The Morgan fingerprint density at radius 1 is 1.25 bits per heavy atom. The molecule has 8 nitrogen and oxygen atoms in total. The maximum atomic E-state index is 5.40. The van der Waals surface area contributed by atoms with Crippen LogP contribution in [0.1, 0.15) is 33.6 Å². The lowest BCUT2D eigenvalue weighted by Gasteiger charge is -2.25. The van der Waals surface area contributed by atoms with Gasteiger partial charge in [-0.05, 0) is 26.3 Å². The second-order valence-corrected chi connectivity index (χ2v) is 5.14. The van der Waals surface area contributed by atoms with Crippen molar-refractivity contribution in [2.45, 2.75) is 39.2 Å². The summed E-state index contributed by atoms with van der Waals surface area (Å²) in [5.74, 6) is 6.57. The van der Waals surface area contributed by atoms with Gasteiger partial charge in [0.25, 0.3) is 5.95 Å². The summed E-state index contributed by atoms with van der Waals surface area (Å²) < 4.78 is 1.56. The van der Waals surface area contributed by atoms with E-state index in [0.29, 0.717) is 17.8 Å². The molecule has 2 aromatic heterocycles. The zero-order valence-electron chi connectivity index (χ0n) is 12.0. The number of hydrogen-bond acceptors (Lipinski definition) is 7. The smallest absolute Gasteiger partial charge is 0.257 e. The quantitative estimate of drug-likeness (QED) is 0.539. The summed E-state index contributed by atoms with van der Waals surface area (Å²) in [6, 6.07) is 1.80. The number of nitrogen functional groups attached to an aromatic ring is 1. The highest BCUT2D eigenvalue weighted by Crippen LogP contribution is 2.18. The lowest BCUT2D eigenvalue weighted by Crippen LogP contribution is -2.32. The lowest BCUT2D eigenvalue weighted by molar-refractivity contribution is 0.506. The number of rotatable bonds is 6. The van der Waals surface area contributed by atoms with Crippen molar-refractivity contribution in [3.63, 3.8) is 0 Å². The minimum atomic E-state index is -0.108. The average Bonchev–Trinajstić information content (AvgIpc) is 2.91. The Labute approximate surface area is 117 Å². The Morgan fingerprint density at radius 3 is 2.60 bits per heavy atom. The minimum Gasteiger partial charge on any atom is -0.349 e. The van der Waals surface area contributed by atoms with Crippen molar-refractivity contribution >= 4 is 11.9 Å². The molecule has 108 valence electrons. The van der Waals surface area contributed by atoms with Gasteiger partial charge < -0.3 is 5.32 Å². The van der Waals surface area contributed by atoms with Crippen molar-refractivity contribution in [1.29, 1.82) is 0 Å². The Balaban J connectivity index is 2.31. The molecule has 2 heterocycles. The number of hydrogen-bond donors (Lipinski definition) is 3. The molecule has 0 saturated heterocycles. The molecular weight excluding hydrogens is 256 g/mol. The Bertz CT molecular complexity index is 549. The van der Waals surface area contributed by atoms with Crippen LogP contribution in [0.2, 0.25) is 0 Å². The third kappa shape index (κ3) is 3.41. The number of anilines is 2. The maximum Gasteiger partial charge on any atom is 0.257 e. The van der Waals surface area contributed by atoms with E-state index in [4.69, 9.17) is 5.84 Å².